The van der Waals surface area contributed by atoms with Crippen molar-refractivity contribution >= 4 is 0 Å². The van der Waals surface area contributed by atoms with E-state index in [-0.39, 0.29) is 0 Å². The van der Waals surface area contributed by atoms with E-state index in [1.54, 1.807) is 0 Å². The van der Waals surface area contributed by atoms with Gasteiger partial charge in [0.05, 0.1) is 0 Å². The second-order valence-electron chi connectivity index (χ2n) is 5.82. The Bertz CT molecular complexity index is 523. The Morgan fingerprint density at radius 3 is 2.95 bits per heavy atom. The van der Waals surface area contributed by atoms with Crippen molar-refractivity contribution in [1.82, 2.24) is 20.2 Å². The number of likely N-dealkylation sites (tertiary alicyclic amines) is 1. The van der Waals surface area contributed by atoms with Crippen LogP contribution in [0.5, 0.6) is 0 Å². The number of aromatic nitrogens is 2. The van der Waals surface area contributed by atoms with Gasteiger partial charge in [-0.3, -0.25) is 4.90 Å². The van der Waals surface area contributed by atoms with Gasteiger partial charge in [0, 0.05) is 37.4 Å². The molecular weight excluding hydrogens is 260 g/mol. The number of aryl methyl sites for hydroxylation is 1. The van der Waals surface area contributed by atoms with Crippen molar-refractivity contribution in [2.24, 2.45) is 0 Å². The minimum atomic E-state index is 0.495. The monoisotopic (exact) mass is 284 g/mol. The van der Waals surface area contributed by atoms with E-state index in [1.165, 1.54) is 12.0 Å². The lowest BCUT2D eigenvalue weighted by Crippen LogP contribution is -2.35. The van der Waals surface area contributed by atoms with Gasteiger partial charge in [0.25, 0.3) is 0 Å². The summed E-state index contributed by atoms with van der Waals surface area (Å²) in [7, 11) is 2.22. The number of hydrogen-bond acceptors (Lipinski definition) is 3. The number of nitrogens with one attached hydrogen (secondary N) is 2. The number of hydrogen-bond donors (Lipinski definition) is 2. The Morgan fingerprint density at radius 1 is 1.33 bits per heavy atom. The molecule has 2 heterocycles. The van der Waals surface area contributed by atoms with Crippen molar-refractivity contribution in [2.45, 2.75) is 31.3 Å². The van der Waals surface area contributed by atoms with Gasteiger partial charge in [0.15, 0.2) is 0 Å². The standard InChI is InChI=1S/C17H24N4/c1-21-13-9-15(17(21)14-6-3-2-4-7-14)18-10-5-8-16-19-11-12-20-16/h2-4,6-7,11-12,15,17-18H,5,8-10,13H2,1H3,(H,19,20). The molecule has 0 radical (unpaired) electrons. The van der Waals surface area contributed by atoms with E-state index in [1.807, 2.05) is 12.4 Å². The molecule has 4 nitrogen and oxygen atoms in total. The lowest BCUT2D eigenvalue weighted by atomic mass is 10.00. The molecule has 1 aromatic carbocycles. The van der Waals surface area contributed by atoms with Gasteiger partial charge in [0.2, 0.25) is 0 Å². The van der Waals surface area contributed by atoms with Crippen LogP contribution in [0, 0.1) is 0 Å². The quantitative estimate of drug-likeness (QED) is 0.801. The number of H-pyrrole nitrogens is 1. The fourth-order valence-corrected chi connectivity index (χ4v) is 3.28. The second-order valence-corrected chi connectivity index (χ2v) is 5.82. The molecule has 2 aromatic rings. The van der Waals surface area contributed by atoms with Crippen molar-refractivity contribution in [3.8, 4) is 0 Å². The molecular formula is C17H24N4. The van der Waals surface area contributed by atoms with Crippen LogP contribution in [0.25, 0.3) is 0 Å². The van der Waals surface area contributed by atoms with E-state index in [2.05, 4.69) is 57.6 Å². The van der Waals surface area contributed by atoms with E-state index >= 15 is 0 Å². The Labute approximate surface area is 126 Å². The van der Waals surface area contributed by atoms with E-state index in [4.69, 9.17) is 0 Å². The van der Waals surface area contributed by atoms with Crippen LogP contribution in [0.3, 0.4) is 0 Å². The number of aromatic amines is 1. The van der Waals surface area contributed by atoms with Gasteiger partial charge in [-0.1, -0.05) is 30.3 Å². The lowest BCUT2D eigenvalue weighted by Gasteiger charge is -2.26. The highest BCUT2D eigenvalue weighted by Crippen LogP contribution is 2.30. The van der Waals surface area contributed by atoms with Gasteiger partial charge in [0.1, 0.15) is 5.82 Å². The predicted octanol–water partition coefficient (Wildman–Crippen LogP) is 2.38. The normalized spacial score (nSPS) is 22.7. The fourth-order valence-electron chi connectivity index (χ4n) is 3.28. The maximum atomic E-state index is 4.27. The highest BCUT2D eigenvalue weighted by molar-refractivity contribution is 5.22. The van der Waals surface area contributed by atoms with Crippen LogP contribution >= 0.6 is 0 Å². The molecule has 1 aromatic heterocycles. The summed E-state index contributed by atoms with van der Waals surface area (Å²) in [5, 5.41) is 3.74. The molecule has 2 atom stereocenters. The molecule has 4 heteroatoms. The molecule has 1 aliphatic heterocycles. The van der Waals surface area contributed by atoms with Gasteiger partial charge in [-0.15, -0.1) is 0 Å². The van der Waals surface area contributed by atoms with E-state index in [9.17, 15) is 0 Å². The lowest BCUT2D eigenvalue weighted by molar-refractivity contribution is 0.286. The highest BCUT2D eigenvalue weighted by atomic mass is 15.2. The maximum Gasteiger partial charge on any atom is 0.106 e. The molecule has 0 saturated carbocycles. The Hall–Kier alpha value is -1.65. The zero-order valence-corrected chi connectivity index (χ0v) is 12.6. The Balaban J connectivity index is 1.52. The maximum absolute atomic E-state index is 4.27. The number of nitrogens with zero attached hydrogens (tertiary/aromatic N) is 2. The van der Waals surface area contributed by atoms with Gasteiger partial charge in [-0.25, -0.2) is 4.98 Å². The SMILES string of the molecule is CN1CCC(NCCCc2ncc[nH]2)C1c1ccccc1. The van der Waals surface area contributed by atoms with Crippen molar-refractivity contribution in [3.05, 3.63) is 54.1 Å². The summed E-state index contributed by atoms with van der Waals surface area (Å²) in [5.74, 6) is 1.08. The summed E-state index contributed by atoms with van der Waals surface area (Å²) in [6.07, 6.45) is 7.06. The number of benzene rings is 1. The second kappa shape index (κ2) is 6.87. The minimum absolute atomic E-state index is 0.495. The van der Waals surface area contributed by atoms with Crippen molar-refractivity contribution < 1.29 is 0 Å². The third-order valence-electron chi connectivity index (χ3n) is 4.34. The average molecular weight is 284 g/mol. The molecule has 0 bridgehead atoms. The van der Waals surface area contributed by atoms with Crippen molar-refractivity contribution in [1.29, 1.82) is 0 Å². The molecule has 1 fully saturated rings. The molecule has 112 valence electrons. The zero-order chi connectivity index (χ0) is 14.5. The number of imidazole rings is 1. The minimum Gasteiger partial charge on any atom is -0.349 e. The first-order chi connectivity index (χ1) is 10.3. The van der Waals surface area contributed by atoms with Gasteiger partial charge >= 0.3 is 0 Å². The van der Waals surface area contributed by atoms with Gasteiger partial charge < -0.3 is 10.3 Å². The van der Waals surface area contributed by atoms with E-state index in [0.29, 0.717) is 12.1 Å². The topological polar surface area (TPSA) is 44.0 Å². The predicted molar refractivity (Wildman–Crippen MR) is 85.1 cm³/mol. The highest BCUT2D eigenvalue weighted by Gasteiger charge is 2.32. The summed E-state index contributed by atoms with van der Waals surface area (Å²) < 4.78 is 0. The Morgan fingerprint density at radius 2 is 2.19 bits per heavy atom. The van der Waals surface area contributed by atoms with Gasteiger partial charge in [-0.2, -0.15) is 0 Å². The molecule has 21 heavy (non-hydrogen) atoms. The van der Waals surface area contributed by atoms with Crippen LogP contribution in [0.2, 0.25) is 0 Å². The van der Waals surface area contributed by atoms with Crippen LogP contribution in [0.4, 0.5) is 0 Å². The fraction of sp³-hybridized carbons (Fsp3) is 0.471. The first kappa shape index (κ1) is 14.3. The molecule has 0 aliphatic carbocycles. The molecule has 2 N–H and O–H groups in total. The van der Waals surface area contributed by atoms with E-state index < -0.39 is 0 Å². The average Bonchev–Trinajstić information content (AvgIpc) is 3.14. The van der Waals surface area contributed by atoms with Crippen LogP contribution in [0.15, 0.2) is 42.7 Å². The summed E-state index contributed by atoms with van der Waals surface area (Å²) in [5.41, 5.74) is 1.42. The summed E-state index contributed by atoms with van der Waals surface area (Å²) in [4.78, 5) is 9.89. The molecule has 3 rings (SSSR count). The van der Waals surface area contributed by atoms with Crippen molar-refractivity contribution in [2.75, 3.05) is 20.1 Å². The molecule has 1 saturated heterocycles. The molecule has 2 unspecified atom stereocenters. The van der Waals surface area contributed by atoms with Crippen LogP contribution in [0.1, 0.15) is 30.3 Å². The third-order valence-corrected chi connectivity index (χ3v) is 4.34. The summed E-state index contributed by atoms with van der Waals surface area (Å²) in [6.45, 7) is 2.21. The smallest absolute Gasteiger partial charge is 0.106 e. The van der Waals surface area contributed by atoms with E-state index in [0.717, 1.165) is 31.8 Å². The summed E-state index contributed by atoms with van der Waals surface area (Å²) in [6, 6.07) is 11.9. The largest absolute Gasteiger partial charge is 0.349 e. The van der Waals surface area contributed by atoms with Crippen LogP contribution < -0.4 is 5.32 Å². The number of likely N-dealkylation sites (N-methyl/N-ethyl adjacent to an activating group) is 1. The summed E-state index contributed by atoms with van der Waals surface area (Å²) >= 11 is 0. The molecule has 0 spiro atoms. The molecule has 0 amide bonds. The Kier molecular flexibility index (Phi) is 4.68. The van der Waals surface area contributed by atoms with Crippen LogP contribution in [-0.4, -0.2) is 41.0 Å². The third kappa shape index (κ3) is 3.52. The zero-order valence-electron chi connectivity index (χ0n) is 12.6. The number of rotatable bonds is 6. The van der Waals surface area contributed by atoms with Gasteiger partial charge in [-0.05, 0) is 32.0 Å². The first-order valence-electron chi connectivity index (χ1n) is 7.81. The van der Waals surface area contributed by atoms with Crippen LogP contribution in [-0.2, 0) is 6.42 Å². The molecule has 1 aliphatic rings. The van der Waals surface area contributed by atoms with Crippen molar-refractivity contribution in [3.63, 3.8) is 0 Å². The first-order valence-corrected chi connectivity index (χ1v) is 7.81.